The molecule has 94 valence electrons. The number of nitrogens with zero attached hydrogens (tertiary/aromatic N) is 1. The molecule has 0 saturated heterocycles. The van der Waals surface area contributed by atoms with Crippen LogP contribution in [0.15, 0.2) is 0 Å². The zero-order valence-electron chi connectivity index (χ0n) is 11.0. The molecule has 3 nitrogen and oxygen atoms in total. The summed E-state index contributed by atoms with van der Waals surface area (Å²) in [6.45, 7) is 9.95. The van der Waals surface area contributed by atoms with Gasteiger partial charge in [-0.15, -0.1) is 0 Å². The maximum Gasteiger partial charge on any atom is 0.142 e. The van der Waals surface area contributed by atoms with E-state index in [2.05, 4.69) is 18.7 Å². The first-order chi connectivity index (χ1) is 7.38. The monoisotopic (exact) mass is 227 g/mol. The molecule has 1 rings (SSSR count). The molecule has 0 spiro atoms. The van der Waals surface area contributed by atoms with Crippen molar-refractivity contribution in [2.24, 2.45) is 11.3 Å². The molecule has 0 aromatic rings. The highest BCUT2D eigenvalue weighted by atomic mass is 16.3. The Balaban J connectivity index is 2.57. The average Bonchev–Trinajstić information content (AvgIpc) is 2.44. The van der Waals surface area contributed by atoms with Gasteiger partial charge in [0.2, 0.25) is 0 Å². The second-order valence-electron chi connectivity index (χ2n) is 5.80. The third kappa shape index (κ3) is 3.05. The van der Waals surface area contributed by atoms with Gasteiger partial charge in [-0.25, -0.2) is 0 Å². The van der Waals surface area contributed by atoms with Crippen LogP contribution >= 0.6 is 0 Å². The van der Waals surface area contributed by atoms with Gasteiger partial charge >= 0.3 is 0 Å². The SMILES string of the molecule is CC(C)N(CCO)CC1CCC(C)(C)C1=O. The van der Waals surface area contributed by atoms with Crippen molar-refractivity contribution in [1.82, 2.24) is 4.90 Å². The Morgan fingerprint density at radius 3 is 2.50 bits per heavy atom. The van der Waals surface area contributed by atoms with Crippen LogP contribution in [0.1, 0.15) is 40.5 Å². The minimum Gasteiger partial charge on any atom is -0.395 e. The van der Waals surface area contributed by atoms with Crippen molar-refractivity contribution in [1.29, 1.82) is 0 Å². The second-order valence-corrected chi connectivity index (χ2v) is 5.80. The number of rotatable bonds is 5. The minimum atomic E-state index is -0.132. The summed E-state index contributed by atoms with van der Waals surface area (Å²) in [5.41, 5.74) is -0.132. The van der Waals surface area contributed by atoms with Crippen LogP contribution in [0.5, 0.6) is 0 Å². The normalized spacial score (nSPS) is 24.7. The lowest BCUT2D eigenvalue weighted by Gasteiger charge is -2.28. The van der Waals surface area contributed by atoms with Crippen LogP contribution in [0.2, 0.25) is 0 Å². The van der Waals surface area contributed by atoms with Gasteiger partial charge in [0.1, 0.15) is 5.78 Å². The largest absolute Gasteiger partial charge is 0.395 e. The van der Waals surface area contributed by atoms with Gasteiger partial charge in [0.25, 0.3) is 0 Å². The molecule has 1 N–H and O–H groups in total. The summed E-state index contributed by atoms with van der Waals surface area (Å²) in [5.74, 6) is 0.569. The maximum absolute atomic E-state index is 12.1. The summed E-state index contributed by atoms with van der Waals surface area (Å²) in [6.07, 6.45) is 2.00. The quantitative estimate of drug-likeness (QED) is 0.777. The van der Waals surface area contributed by atoms with Crippen molar-refractivity contribution in [2.75, 3.05) is 19.7 Å². The first-order valence-corrected chi connectivity index (χ1v) is 6.27. The van der Waals surface area contributed by atoms with Gasteiger partial charge in [-0.3, -0.25) is 9.69 Å². The third-order valence-electron chi connectivity index (χ3n) is 3.73. The molecule has 0 radical (unpaired) electrons. The van der Waals surface area contributed by atoms with E-state index < -0.39 is 0 Å². The molecule has 3 heteroatoms. The molecule has 1 aliphatic carbocycles. The predicted molar refractivity (Wildman–Crippen MR) is 65.3 cm³/mol. The zero-order valence-corrected chi connectivity index (χ0v) is 11.0. The van der Waals surface area contributed by atoms with Crippen LogP contribution in [0.25, 0.3) is 0 Å². The number of carbonyl (C=O) groups is 1. The average molecular weight is 227 g/mol. The maximum atomic E-state index is 12.1. The highest BCUT2D eigenvalue weighted by molar-refractivity contribution is 5.88. The van der Waals surface area contributed by atoms with E-state index in [1.165, 1.54) is 0 Å². The van der Waals surface area contributed by atoms with E-state index in [0.717, 1.165) is 19.4 Å². The molecule has 0 aromatic heterocycles. The van der Waals surface area contributed by atoms with E-state index in [0.29, 0.717) is 18.4 Å². The first-order valence-electron chi connectivity index (χ1n) is 6.27. The molecule has 1 unspecified atom stereocenters. The summed E-state index contributed by atoms with van der Waals surface area (Å²) < 4.78 is 0. The summed E-state index contributed by atoms with van der Waals surface area (Å²) >= 11 is 0. The van der Waals surface area contributed by atoms with Crippen molar-refractivity contribution >= 4 is 5.78 Å². The molecule has 1 saturated carbocycles. The van der Waals surface area contributed by atoms with Crippen LogP contribution in [0, 0.1) is 11.3 Å². The Hall–Kier alpha value is -0.410. The molecule has 1 fully saturated rings. The molecule has 0 aliphatic heterocycles. The third-order valence-corrected chi connectivity index (χ3v) is 3.73. The lowest BCUT2D eigenvalue weighted by atomic mass is 9.89. The van der Waals surface area contributed by atoms with Crippen molar-refractivity contribution in [3.8, 4) is 0 Å². The van der Waals surface area contributed by atoms with E-state index >= 15 is 0 Å². The molecular formula is C13H25NO2. The summed E-state index contributed by atoms with van der Waals surface area (Å²) in [5, 5.41) is 9.00. The number of carbonyl (C=O) groups excluding carboxylic acids is 1. The number of aliphatic hydroxyl groups excluding tert-OH is 1. The van der Waals surface area contributed by atoms with E-state index in [1.54, 1.807) is 0 Å². The summed E-state index contributed by atoms with van der Waals surface area (Å²) in [6, 6.07) is 0.392. The van der Waals surface area contributed by atoms with Gasteiger partial charge in [-0.05, 0) is 26.7 Å². The molecule has 0 amide bonds. The minimum absolute atomic E-state index is 0.132. The molecule has 1 aliphatic rings. The topological polar surface area (TPSA) is 40.5 Å². The van der Waals surface area contributed by atoms with E-state index in [4.69, 9.17) is 5.11 Å². The number of hydrogen-bond acceptors (Lipinski definition) is 3. The smallest absolute Gasteiger partial charge is 0.142 e. The van der Waals surface area contributed by atoms with E-state index in [-0.39, 0.29) is 17.9 Å². The van der Waals surface area contributed by atoms with Crippen LogP contribution in [-0.2, 0) is 4.79 Å². The lowest BCUT2D eigenvalue weighted by Crippen LogP contribution is -2.39. The zero-order chi connectivity index (χ0) is 12.3. The summed E-state index contributed by atoms with van der Waals surface area (Å²) in [7, 11) is 0. The standard InChI is InChI=1S/C13H25NO2/c1-10(2)14(7-8-15)9-11-5-6-13(3,4)12(11)16/h10-11,15H,5-9H2,1-4H3. The van der Waals surface area contributed by atoms with E-state index in [9.17, 15) is 4.79 Å². The van der Waals surface area contributed by atoms with E-state index in [1.807, 2.05) is 13.8 Å². The fraction of sp³-hybridized carbons (Fsp3) is 0.923. The Labute approximate surface area is 98.8 Å². The number of Topliss-reactive ketones (excluding diaryl/α,β-unsaturated/α-hetero) is 1. The van der Waals surface area contributed by atoms with Crippen molar-refractivity contribution in [3.05, 3.63) is 0 Å². The van der Waals surface area contributed by atoms with Crippen LogP contribution < -0.4 is 0 Å². The highest BCUT2D eigenvalue weighted by Crippen LogP contribution is 2.37. The predicted octanol–water partition coefficient (Wildman–Crippen LogP) is 1.69. The van der Waals surface area contributed by atoms with Gasteiger partial charge in [0.15, 0.2) is 0 Å². The van der Waals surface area contributed by atoms with Gasteiger partial charge < -0.3 is 5.11 Å². The number of hydrogen-bond donors (Lipinski definition) is 1. The van der Waals surface area contributed by atoms with Gasteiger partial charge in [-0.1, -0.05) is 13.8 Å². The molecule has 0 heterocycles. The van der Waals surface area contributed by atoms with Crippen molar-refractivity contribution in [3.63, 3.8) is 0 Å². The molecule has 16 heavy (non-hydrogen) atoms. The fourth-order valence-electron chi connectivity index (χ4n) is 2.49. The van der Waals surface area contributed by atoms with Crippen LogP contribution in [0.3, 0.4) is 0 Å². The molecular weight excluding hydrogens is 202 g/mol. The van der Waals surface area contributed by atoms with Crippen LogP contribution in [0.4, 0.5) is 0 Å². The first kappa shape index (κ1) is 13.7. The number of ketones is 1. The van der Waals surface area contributed by atoms with Gasteiger partial charge in [-0.2, -0.15) is 0 Å². The van der Waals surface area contributed by atoms with Crippen LogP contribution in [-0.4, -0.2) is 41.5 Å². The molecule has 0 aromatic carbocycles. The lowest BCUT2D eigenvalue weighted by molar-refractivity contribution is -0.128. The Kier molecular flexibility index (Phi) is 4.51. The second kappa shape index (κ2) is 5.28. The highest BCUT2D eigenvalue weighted by Gasteiger charge is 2.40. The number of aliphatic hydroxyl groups is 1. The van der Waals surface area contributed by atoms with Gasteiger partial charge in [0, 0.05) is 30.5 Å². The Bertz CT molecular complexity index is 248. The summed E-state index contributed by atoms with van der Waals surface area (Å²) in [4.78, 5) is 14.3. The Morgan fingerprint density at radius 2 is 2.12 bits per heavy atom. The Morgan fingerprint density at radius 1 is 1.50 bits per heavy atom. The van der Waals surface area contributed by atoms with Crippen molar-refractivity contribution in [2.45, 2.75) is 46.6 Å². The molecule has 1 atom stereocenters. The fourth-order valence-corrected chi connectivity index (χ4v) is 2.49. The molecule has 0 bridgehead atoms. The van der Waals surface area contributed by atoms with Crippen molar-refractivity contribution < 1.29 is 9.90 Å². The van der Waals surface area contributed by atoms with Gasteiger partial charge in [0.05, 0.1) is 6.61 Å².